The highest BCUT2D eigenvalue weighted by Crippen LogP contribution is 2.39. The van der Waals surface area contributed by atoms with E-state index in [1.54, 1.807) is 0 Å². The smallest absolute Gasteiger partial charge is 0.209 e. The quantitative estimate of drug-likeness (QED) is 0.791. The Bertz CT molecular complexity index is 328. The first kappa shape index (κ1) is 9.63. The maximum absolute atomic E-state index is 4.14. The van der Waals surface area contributed by atoms with Crippen molar-refractivity contribution in [3.05, 3.63) is 0 Å². The molecule has 0 spiro atoms. The summed E-state index contributed by atoms with van der Waals surface area (Å²) in [6, 6.07) is 0.603. The van der Waals surface area contributed by atoms with Crippen LogP contribution in [0.2, 0.25) is 0 Å². The van der Waals surface area contributed by atoms with Crippen molar-refractivity contribution in [1.29, 1.82) is 0 Å². The van der Waals surface area contributed by atoms with E-state index in [2.05, 4.69) is 15.5 Å². The maximum atomic E-state index is 4.14. The third-order valence-corrected chi connectivity index (χ3v) is 4.46. The molecule has 0 aliphatic heterocycles. The highest BCUT2D eigenvalue weighted by Gasteiger charge is 2.29. The van der Waals surface area contributed by atoms with Crippen LogP contribution in [0.4, 0.5) is 0 Å². The van der Waals surface area contributed by atoms with Gasteiger partial charge in [-0.05, 0) is 36.1 Å². The molecule has 0 bridgehead atoms. The largest absolute Gasteiger partial charge is 0.217 e. The highest BCUT2D eigenvalue weighted by atomic mass is 32.2. The number of thioether (sulfide) groups is 1. The molecule has 1 aromatic rings. The Labute approximate surface area is 93.8 Å². The van der Waals surface area contributed by atoms with E-state index in [1.165, 1.54) is 44.9 Å². The van der Waals surface area contributed by atoms with Crippen molar-refractivity contribution in [2.45, 2.75) is 61.4 Å². The molecular formula is C10H16N4S. The average Bonchev–Trinajstić information content (AvgIpc) is 3.02. The molecule has 0 N–H and O–H groups in total. The number of rotatable bonds is 3. The lowest BCUT2D eigenvalue weighted by molar-refractivity contribution is 0.511. The molecule has 0 unspecified atom stereocenters. The molecule has 15 heavy (non-hydrogen) atoms. The highest BCUT2D eigenvalue weighted by molar-refractivity contribution is 7.99. The molecule has 4 nitrogen and oxygen atoms in total. The number of tetrazole rings is 1. The van der Waals surface area contributed by atoms with Crippen LogP contribution >= 0.6 is 11.8 Å². The first-order valence-electron chi connectivity index (χ1n) is 5.88. The van der Waals surface area contributed by atoms with Crippen LogP contribution in [0.5, 0.6) is 0 Å². The number of nitrogens with zero attached hydrogens (tertiary/aromatic N) is 4. The van der Waals surface area contributed by atoms with Gasteiger partial charge in [-0.15, -0.1) is 5.10 Å². The lowest BCUT2D eigenvalue weighted by Gasteiger charge is -2.19. The topological polar surface area (TPSA) is 43.6 Å². The molecule has 0 amide bonds. The summed E-state index contributed by atoms with van der Waals surface area (Å²) < 4.78 is 2.03. The predicted molar refractivity (Wildman–Crippen MR) is 58.8 cm³/mol. The van der Waals surface area contributed by atoms with Gasteiger partial charge in [0.05, 0.1) is 6.04 Å². The Morgan fingerprint density at radius 2 is 1.87 bits per heavy atom. The molecule has 82 valence electrons. The third-order valence-electron chi connectivity index (χ3n) is 3.18. The SMILES string of the molecule is C1CCC(Sc2nnnn2C2CC2)CC1. The molecule has 1 heterocycles. The maximum Gasteiger partial charge on any atom is 0.209 e. The zero-order chi connectivity index (χ0) is 10.1. The van der Waals surface area contributed by atoms with Gasteiger partial charge in [-0.25, -0.2) is 4.68 Å². The first-order valence-corrected chi connectivity index (χ1v) is 6.76. The number of aromatic nitrogens is 4. The normalized spacial score (nSPS) is 23.2. The van der Waals surface area contributed by atoms with Crippen molar-refractivity contribution in [2.75, 3.05) is 0 Å². The second-order valence-corrected chi connectivity index (χ2v) is 5.78. The van der Waals surface area contributed by atoms with Crippen molar-refractivity contribution in [3.63, 3.8) is 0 Å². The minimum absolute atomic E-state index is 0.603. The Morgan fingerprint density at radius 1 is 1.07 bits per heavy atom. The van der Waals surface area contributed by atoms with Gasteiger partial charge in [0.15, 0.2) is 0 Å². The molecule has 2 fully saturated rings. The van der Waals surface area contributed by atoms with Gasteiger partial charge in [0.2, 0.25) is 5.16 Å². The summed E-state index contributed by atoms with van der Waals surface area (Å²) >= 11 is 1.89. The van der Waals surface area contributed by atoms with Crippen LogP contribution in [0.1, 0.15) is 51.0 Å². The number of hydrogen-bond acceptors (Lipinski definition) is 4. The lowest BCUT2D eigenvalue weighted by Crippen LogP contribution is -2.10. The molecule has 2 aliphatic rings. The Balaban J connectivity index is 1.67. The van der Waals surface area contributed by atoms with E-state index in [-0.39, 0.29) is 0 Å². The summed E-state index contributed by atoms with van der Waals surface area (Å²) in [6.07, 6.45) is 9.34. The number of hydrogen-bond donors (Lipinski definition) is 0. The molecule has 0 radical (unpaired) electrons. The van der Waals surface area contributed by atoms with Crippen molar-refractivity contribution in [1.82, 2.24) is 20.2 Å². The van der Waals surface area contributed by atoms with Crippen LogP contribution in [0.25, 0.3) is 0 Å². The standard InChI is InChI=1S/C10H16N4S/c1-2-4-9(5-3-1)15-10-11-12-13-14(10)8-6-7-8/h8-9H,1-7H2. The van der Waals surface area contributed by atoms with Gasteiger partial charge in [0.1, 0.15) is 0 Å². The van der Waals surface area contributed by atoms with Crippen molar-refractivity contribution < 1.29 is 0 Å². The fourth-order valence-corrected chi connectivity index (χ4v) is 3.39. The fourth-order valence-electron chi connectivity index (χ4n) is 2.14. The summed E-state index contributed by atoms with van der Waals surface area (Å²) in [5, 5.41) is 13.8. The van der Waals surface area contributed by atoms with E-state index < -0.39 is 0 Å². The molecule has 2 aliphatic carbocycles. The molecule has 0 aromatic carbocycles. The van der Waals surface area contributed by atoms with Crippen LogP contribution in [0, 0.1) is 0 Å². The van der Waals surface area contributed by atoms with Crippen molar-refractivity contribution >= 4 is 11.8 Å². The van der Waals surface area contributed by atoms with Gasteiger partial charge in [-0.1, -0.05) is 31.0 Å². The molecule has 1 aromatic heterocycles. The van der Waals surface area contributed by atoms with Gasteiger partial charge in [-0.2, -0.15) is 0 Å². The third kappa shape index (κ3) is 2.17. The Hall–Kier alpha value is -0.580. The van der Waals surface area contributed by atoms with E-state index in [9.17, 15) is 0 Å². The lowest BCUT2D eigenvalue weighted by atomic mass is 10.0. The van der Waals surface area contributed by atoms with Gasteiger partial charge in [0, 0.05) is 5.25 Å². The van der Waals surface area contributed by atoms with E-state index in [4.69, 9.17) is 0 Å². The van der Waals surface area contributed by atoms with Gasteiger partial charge in [0.25, 0.3) is 0 Å². The second-order valence-electron chi connectivity index (χ2n) is 4.52. The monoisotopic (exact) mass is 224 g/mol. The Morgan fingerprint density at radius 3 is 2.60 bits per heavy atom. The molecule has 0 saturated heterocycles. The van der Waals surface area contributed by atoms with Gasteiger partial charge in [-0.3, -0.25) is 0 Å². The zero-order valence-corrected chi connectivity index (χ0v) is 9.62. The molecule has 0 atom stereocenters. The van der Waals surface area contributed by atoms with Crippen LogP contribution in [-0.4, -0.2) is 25.5 Å². The van der Waals surface area contributed by atoms with E-state index in [0.717, 1.165) is 10.4 Å². The molecule has 2 saturated carbocycles. The van der Waals surface area contributed by atoms with E-state index >= 15 is 0 Å². The molecule has 3 rings (SSSR count). The first-order chi connectivity index (χ1) is 7.43. The van der Waals surface area contributed by atoms with Crippen LogP contribution in [0.15, 0.2) is 5.16 Å². The van der Waals surface area contributed by atoms with Crippen LogP contribution < -0.4 is 0 Å². The average molecular weight is 224 g/mol. The minimum atomic E-state index is 0.603. The summed E-state index contributed by atoms with van der Waals surface area (Å²) in [7, 11) is 0. The summed E-state index contributed by atoms with van der Waals surface area (Å²) in [6.45, 7) is 0. The summed E-state index contributed by atoms with van der Waals surface area (Å²) in [5.74, 6) is 0. The molecule has 5 heteroatoms. The van der Waals surface area contributed by atoms with Crippen LogP contribution in [-0.2, 0) is 0 Å². The van der Waals surface area contributed by atoms with E-state index in [0.29, 0.717) is 6.04 Å². The van der Waals surface area contributed by atoms with Crippen molar-refractivity contribution in [2.24, 2.45) is 0 Å². The summed E-state index contributed by atoms with van der Waals surface area (Å²) in [4.78, 5) is 0. The van der Waals surface area contributed by atoms with Gasteiger partial charge < -0.3 is 0 Å². The minimum Gasteiger partial charge on any atom is -0.217 e. The summed E-state index contributed by atoms with van der Waals surface area (Å²) in [5.41, 5.74) is 0. The Kier molecular flexibility index (Phi) is 2.64. The predicted octanol–water partition coefficient (Wildman–Crippen LogP) is 2.43. The van der Waals surface area contributed by atoms with E-state index in [1.807, 2.05) is 16.4 Å². The second kappa shape index (κ2) is 4.12. The van der Waals surface area contributed by atoms with Crippen LogP contribution in [0.3, 0.4) is 0 Å². The molecular weight excluding hydrogens is 208 g/mol. The van der Waals surface area contributed by atoms with Gasteiger partial charge >= 0.3 is 0 Å². The zero-order valence-electron chi connectivity index (χ0n) is 8.80. The van der Waals surface area contributed by atoms with Crippen molar-refractivity contribution in [3.8, 4) is 0 Å². The fraction of sp³-hybridized carbons (Fsp3) is 0.900.